The van der Waals surface area contributed by atoms with E-state index in [1.807, 2.05) is 65.7 Å². The van der Waals surface area contributed by atoms with Crippen molar-refractivity contribution in [2.75, 3.05) is 18.6 Å². The molecule has 2 aromatic rings. The number of Topliss-reactive ketones (excluding diaryl/α,β-unsaturated/α-hetero) is 1. The van der Waals surface area contributed by atoms with Crippen LogP contribution in [-0.2, 0) is 4.79 Å². The first-order valence-corrected chi connectivity index (χ1v) is 10.1. The van der Waals surface area contributed by atoms with Gasteiger partial charge in [0.15, 0.2) is 5.78 Å². The Labute approximate surface area is 153 Å². The fraction of sp³-hybridized carbons (Fsp3) is 0.500. The van der Waals surface area contributed by atoms with Gasteiger partial charge in [-0.2, -0.15) is 11.8 Å². The summed E-state index contributed by atoms with van der Waals surface area (Å²) < 4.78 is 2.00. The van der Waals surface area contributed by atoms with Crippen molar-refractivity contribution >= 4 is 34.4 Å². The Morgan fingerprint density at radius 3 is 2.60 bits per heavy atom. The standard InChI is InChI=1S/C20H26N2O2S/c1-4-18(20(24)21(3)15-9-11-25-12-10-15)22-13-17(14(2)23)16-7-5-6-8-19(16)22/h5-8,13,15,18H,4,9-12H2,1-3H3/t18-/m1/s1. The second-order valence-corrected chi connectivity index (χ2v) is 7.96. The number of carbonyl (C=O) groups excluding carboxylic acids is 2. The minimum atomic E-state index is -0.266. The summed E-state index contributed by atoms with van der Waals surface area (Å²) in [6.45, 7) is 3.62. The zero-order valence-corrected chi connectivity index (χ0v) is 16.0. The summed E-state index contributed by atoms with van der Waals surface area (Å²) in [6.07, 6.45) is 4.70. The lowest BCUT2D eigenvalue weighted by atomic mass is 10.1. The molecule has 2 heterocycles. The maximum atomic E-state index is 13.2. The van der Waals surface area contributed by atoms with Crippen molar-refractivity contribution in [1.82, 2.24) is 9.47 Å². The van der Waals surface area contributed by atoms with Crippen molar-refractivity contribution in [2.45, 2.75) is 45.2 Å². The van der Waals surface area contributed by atoms with Gasteiger partial charge < -0.3 is 9.47 Å². The van der Waals surface area contributed by atoms with Crippen molar-refractivity contribution < 1.29 is 9.59 Å². The van der Waals surface area contributed by atoms with Crippen LogP contribution < -0.4 is 0 Å². The van der Waals surface area contributed by atoms with Gasteiger partial charge in [-0.05, 0) is 43.8 Å². The van der Waals surface area contributed by atoms with Crippen LogP contribution >= 0.6 is 11.8 Å². The number of nitrogens with zero attached hydrogens (tertiary/aromatic N) is 2. The first-order chi connectivity index (χ1) is 12.0. The average molecular weight is 359 g/mol. The van der Waals surface area contributed by atoms with Gasteiger partial charge in [0, 0.05) is 35.8 Å². The van der Waals surface area contributed by atoms with E-state index in [9.17, 15) is 9.59 Å². The lowest BCUT2D eigenvalue weighted by Gasteiger charge is -2.34. The molecule has 1 aromatic carbocycles. The number of ketones is 1. The number of hydrogen-bond acceptors (Lipinski definition) is 3. The second-order valence-electron chi connectivity index (χ2n) is 6.74. The number of fused-ring (bicyclic) bond motifs is 1. The molecule has 0 saturated carbocycles. The molecule has 1 aromatic heterocycles. The highest BCUT2D eigenvalue weighted by molar-refractivity contribution is 7.99. The lowest BCUT2D eigenvalue weighted by Crippen LogP contribution is -2.42. The molecule has 1 amide bonds. The van der Waals surface area contributed by atoms with Gasteiger partial charge in [-0.25, -0.2) is 0 Å². The van der Waals surface area contributed by atoms with E-state index < -0.39 is 0 Å². The van der Waals surface area contributed by atoms with Gasteiger partial charge in [0.25, 0.3) is 0 Å². The monoisotopic (exact) mass is 358 g/mol. The Balaban J connectivity index is 1.96. The Kier molecular flexibility index (Phi) is 5.52. The molecule has 0 bridgehead atoms. The maximum Gasteiger partial charge on any atom is 0.245 e. The highest BCUT2D eigenvalue weighted by Crippen LogP contribution is 2.29. The highest BCUT2D eigenvalue weighted by atomic mass is 32.2. The first kappa shape index (κ1) is 18.1. The van der Waals surface area contributed by atoms with E-state index >= 15 is 0 Å². The summed E-state index contributed by atoms with van der Waals surface area (Å²) in [6, 6.07) is 7.92. The SMILES string of the molecule is CC[C@H](C(=O)N(C)C1CCSCC1)n1cc(C(C)=O)c2ccccc21. The number of thioether (sulfide) groups is 1. The molecule has 3 rings (SSSR count). The van der Waals surface area contributed by atoms with Crippen LogP contribution in [0.5, 0.6) is 0 Å². The number of benzene rings is 1. The van der Waals surface area contributed by atoms with Crippen LogP contribution in [0.1, 0.15) is 49.5 Å². The van der Waals surface area contributed by atoms with Crippen LogP contribution in [0.25, 0.3) is 10.9 Å². The zero-order valence-electron chi connectivity index (χ0n) is 15.2. The molecule has 134 valence electrons. The van der Waals surface area contributed by atoms with Gasteiger partial charge >= 0.3 is 0 Å². The van der Waals surface area contributed by atoms with Gasteiger partial charge in [0.1, 0.15) is 6.04 Å². The third-order valence-electron chi connectivity index (χ3n) is 5.21. The third kappa shape index (κ3) is 3.47. The van der Waals surface area contributed by atoms with Gasteiger partial charge in [-0.1, -0.05) is 25.1 Å². The molecule has 25 heavy (non-hydrogen) atoms. The third-order valence-corrected chi connectivity index (χ3v) is 6.26. The Hall–Kier alpha value is -1.75. The second kappa shape index (κ2) is 7.65. The molecule has 1 aliphatic heterocycles. The van der Waals surface area contributed by atoms with Crippen molar-refractivity contribution in [3.05, 3.63) is 36.0 Å². The summed E-state index contributed by atoms with van der Waals surface area (Å²) in [5.41, 5.74) is 1.65. The van der Waals surface area contributed by atoms with Gasteiger partial charge in [-0.15, -0.1) is 0 Å². The summed E-state index contributed by atoms with van der Waals surface area (Å²) in [5.74, 6) is 2.44. The zero-order chi connectivity index (χ0) is 18.0. The minimum absolute atomic E-state index is 0.0370. The largest absolute Gasteiger partial charge is 0.341 e. The van der Waals surface area contributed by atoms with Gasteiger partial charge in [0.2, 0.25) is 5.91 Å². The molecule has 1 atom stereocenters. The molecule has 1 saturated heterocycles. The lowest BCUT2D eigenvalue weighted by molar-refractivity contribution is -0.135. The molecule has 0 unspecified atom stereocenters. The molecule has 1 fully saturated rings. The molecular weight excluding hydrogens is 332 g/mol. The van der Waals surface area contributed by atoms with E-state index in [1.165, 1.54) is 0 Å². The van der Waals surface area contributed by atoms with Crippen LogP contribution in [0, 0.1) is 0 Å². The van der Waals surface area contributed by atoms with Crippen LogP contribution in [0.2, 0.25) is 0 Å². The normalized spacial score (nSPS) is 16.8. The fourth-order valence-electron chi connectivity index (χ4n) is 3.72. The van der Waals surface area contributed by atoms with Crippen LogP contribution in [0.3, 0.4) is 0 Å². The topological polar surface area (TPSA) is 42.3 Å². The summed E-state index contributed by atoms with van der Waals surface area (Å²) in [4.78, 5) is 27.2. The molecule has 0 spiro atoms. The smallest absolute Gasteiger partial charge is 0.245 e. The van der Waals surface area contributed by atoms with Crippen molar-refractivity contribution in [1.29, 1.82) is 0 Å². The highest BCUT2D eigenvalue weighted by Gasteiger charge is 2.29. The summed E-state index contributed by atoms with van der Waals surface area (Å²) in [7, 11) is 1.93. The van der Waals surface area contributed by atoms with E-state index in [-0.39, 0.29) is 17.7 Å². The van der Waals surface area contributed by atoms with E-state index in [2.05, 4.69) is 0 Å². The quantitative estimate of drug-likeness (QED) is 0.754. The molecule has 0 radical (unpaired) electrons. The molecular formula is C20H26N2O2S. The molecule has 1 aliphatic rings. The Bertz CT molecular complexity index is 777. The fourth-order valence-corrected chi connectivity index (χ4v) is 4.80. The number of rotatable bonds is 5. The van der Waals surface area contributed by atoms with Crippen LogP contribution in [-0.4, -0.2) is 45.8 Å². The van der Waals surface area contributed by atoms with Gasteiger partial charge in [0.05, 0.1) is 0 Å². The Morgan fingerprint density at radius 1 is 1.28 bits per heavy atom. The van der Waals surface area contributed by atoms with Crippen LogP contribution in [0.15, 0.2) is 30.5 Å². The molecule has 0 N–H and O–H groups in total. The predicted octanol–water partition coefficient (Wildman–Crippen LogP) is 4.15. The number of carbonyl (C=O) groups is 2. The van der Waals surface area contributed by atoms with Crippen LogP contribution in [0.4, 0.5) is 0 Å². The number of likely N-dealkylation sites (N-methyl/N-ethyl adjacent to an activating group) is 1. The van der Waals surface area contributed by atoms with E-state index in [4.69, 9.17) is 0 Å². The van der Waals surface area contributed by atoms with E-state index in [0.717, 1.165) is 35.3 Å². The average Bonchev–Trinajstić information content (AvgIpc) is 3.02. The van der Waals surface area contributed by atoms with Crippen molar-refractivity contribution in [3.8, 4) is 0 Å². The summed E-state index contributed by atoms with van der Waals surface area (Å²) >= 11 is 1.97. The van der Waals surface area contributed by atoms with Crippen molar-refractivity contribution in [2.24, 2.45) is 0 Å². The number of aromatic nitrogens is 1. The predicted molar refractivity (Wildman–Crippen MR) is 104 cm³/mol. The molecule has 5 heteroatoms. The van der Waals surface area contributed by atoms with E-state index in [0.29, 0.717) is 18.0 Å². The minimum Gasteiger partial charge on any atom is -0.341 e. The van der Waals surface area contributed by atoms with Gasteiger partial charge in [-0.3, -0.25) is 9.59 Å². The Morgan fingerprint density at radius 2 is 1.96 bits per heavy atom. The number of amides is 1. The van der Waals surface area contributed by atoms with Crippen molar-refractivity contribution in [3.63, 3.8) is 0 Å². The summed E-state index contributed by atoms with van der Waals surface area (Å²) in [5, 5.41) is 0.929. The van der Waals surface area contributed by atoms with E-state index in [1.54, 1.807) is 6.92 Å². The molecule has 0 aliphatic carbocycles. The number of hydrogen-bond donors (Lipinski definition) is 0. The first-order valence-electron chi connectivity index (χ1n) is 8.99. The molecule has 4 nitrogen and oxygen atoms in total. The maximum absolute atomic E-state index is 13.2. The number of para-hydroxylation sites is 1.